The Morgan fingerprint density at radius 1 is 0.818 bits per heavy atom. The van der Waals surface area contributed by atoms with Crippen LogP contribution < -0.4 is 4.74 Å². The van der Waals surface area contributed by atoms with Crippen molar-refractivity contribution in [2.24, 2.45) is 5.18 Å². The lowest BCUT2D eigenvalue weighted by Gasteiger charge is -2.06. The van der Waals surface area contributed by atoms with Gasteiger partial charge in [-0.1, -0.05) is 44.9 Å². The summed E-state index contributed by atoms with van der Waals surface area (Å²) in [5.74, 6) is 0.794. The molecule has 4 nitrogen and oxygen atoms in total. The van der Waals surface area contributed by atoms with Crippen molar-refractivity contribution in [1.29, 1.82) is 0 Å². The molecule has 0 aliphatic rings. The topological polar surface area (TPSA) is 55.7 Å². The molecule has 0 aromatic heterocycles. The summed E-state index contributed by atoms with van der Waals surface area (Å²) in [7, 11) is 0. The molecule has 0 amide bonds. The van der Waals surface area contributed by atoms with Crippen LogP contribution in [0.2, 0.25) is 0 Å². The first-order valence-electron chi connectivity index (χ1n) is 8.36. The second-order valence-electron chi connectivity index (χ2n) is 5.57. The molecule has 0 aliphatic carbocycles. The van der Waals surface area contributed by atoms with Crippen molar-refractivity contribution in [3.05, 3.63) is 29.2 Å². The maximum atomic E-state index is 10.3. The van der Waals surface area contributed by atoms with E-state index in [2.05, 4.69) is 5.18 Å². The van der Waals surface area contributed by atoms with Crippen molar-refractivity contribution in [2.45, 2.75) is 64.2 Å². The third-order valence-corrected chi connectivity index (χ3v) is 3.68. The Labute approximate surface area is 133 Å². The number of hydrogen-bond donors (Lipinski definition) is 0. The van der Waals surface area contributed by atoms with E-state index < -0.39 is 0 Å². The summed E-state index contributed by atoms with van der Waals surface area (Å²) in [4.78, 5) is 20.4. The number of hydrogen-bond acceptors (Lipinski definition) is 4. The van der Waals surface area contributed by atoms with Crippen LogP contribution in [0.25, 0.3) is 0 Å². The highest BCUT2D eigenvalue weighted by molar-refractivity contribution is 5.48. The van der Waals surface area contributed by atoms with Crippen molar-refractivity contribution >= 4 is 12.0 Å². The zero-order chi connectivity index (χ0) is 15.9. The molecule has 0 atom stereocenters. The number of aldehydes is 1. The van der Waals surface area contributed by atoms with Crippen molar-refractivity contribution in [3.63, 3.8) is 0 Å². The van der Waals surface area contributed by atoms with E-state index in [1.807, 2.05) is 0 Å². The van der Waals surface area contributed by atoms with E-state index in [-0.39, 0.29) is 0 Å². The van der Waals surface area contributed by atoms with Crippen LogP contribution in [-0.2, 0) is 4.79 Å². The standard InChI is InChI=1S/C18H27NO3/c20-15-9-7-5-3-1-2-4-6-8-10-16-22-18-13-11-17(19-21)12-14-18/h11-15H,1-10,16H2. The number of carbonyl (C=O) groups excluding carboxylic acids is 1. The molecule has 1 rings (SSSR count). The zero-order valence-corrected chi connectivity index (χ0v) is 13.3. The van der Waals surface area contributed by atoms with E-state index in [1.165, 1.54) is 44.9 Å². The van der Waals surface area contributed by atoms with Crippen LogP contribution in [0.5, 0.6) is 5.75 Å². The highest BCUT2D eigenvalue weighted by Gasteiger charge is 1.96. The van der Waals surface area contributed by atoms with Gasteiger partial charge < -0.3 is 9.53 Å². The summed E-state index contributed by atoms with van der Waals surface area (Å²) in [6.45, 7) is 0.722. The molecule has 0 unspecified atom stereocenters. The molecule has 0 aliphatic heterocycles. The minimum absolute atomic E-state index is 0.429. The quantitative estimate of drug-likeness (QED) is 0.257. The molecular weight excluding hydrogens is 278 g/mol. The number of rotatable bonds is 14. The van der Waals surface area contributed by atoms with Gasteiger partial charge in [-0.05, 0) is 42.3 Å². The number of carbonyl (C=O) groups is 1. The number of ether oxygens (including phenoxy) is 1. The largest absolute Gasteiger partial charge is 0.494 e. The Hall–Kier alpha value is -1.71. The molecule has 122 valence electrons. The molecule has 0 saturated heterocycles. The van der Waals surface area contributed by atoms with Crippen LogP contribution in [0.3, 0.4) is 0 Å². The van der Waals surface area contributed by atoms with Gasteiger partial charge in [-0.2, -0.15) is 0 Å². The van der Waals surface area contributed by atoms with Crippen LogP contribution in [0.4, 0.5) is 5.69 Å². The van der Waals surface area contributed by atoms with Gasteiger partial charge in [0.1, 0.15) is 17.7 Å². The zero-order valence-electron chi connectivity index (χ0n) is 13.3. The van der Waals surface area contributed by atoms with Crippen LogP contribution in [0, 0.1) is 4.91 Å². The number of benzene rings is 1. The third kappa shape index (κ3) is 9.27. The molecule has 0 heterocycles. The normalized spacial score (nSPS) is 10.4. The fourth-order valence-electron chi connectivity index (χ4n) is 2.36. The summed E-state index contributed by atoms with van der Waals surface area (Å²) in [5.41, 5.74) is 0.429. The highest BCUT2D eigenvalue weighted by Crippen LogP contribution is 2.18. The first-order chi connectivity index (χ1) is 10.9. The van der Waals surface area contributed by atoms with E-state index in [0.29, 0.717) is 12.1 Å². The molecule has 0 spiro atoms. The van der Waals surface area contributed by atoms with E-state index >= 15 is 0 Å². The molecule has 22 heavy (non-hydrogen) atoms. The van der Waals surface area contributed by atoms with Crippen molar-refractivity contribution in [1.82, 2.24) is 0 Å². The maximum absolute atomic E-state index is 10.3. The van der Waals surface area contributed by atoms with E-state index in [1.54, 1.807) is 24.3 Å². The molecule has 0 N–H and O–H groups in total. The van der Waals surface area contributed by atoms with E-state index in [4.69, 9.17) is 4.74 Å². The maximum Gasteiger partial charge on any atom is 0.119 e. The molecule has 0 bridgehead atoms. The van der Waals surface area contributed by atoms with Crippen LogP contribution in [-0.4, -0.2) is 12.9 Å². The minimum Gasteiger partial charge on any atom is -0.494 e. The summed E-state index contributed by atoms with van der Waals surface area (Å²) >= 11 is 0. The van der Waals surface area contributed by atoms with Gasteiger partial charge >= 0.3 is 0 Å². The Balaban J connectivity index is 1.87. The number of nitroso groups, excluding NO2 is 1. The predicted molar refractivity (Wildman–Crippen MR) is 89.6 cm³/mol. The summed E-state index contributed by atoms with van der Waals surface area (Å²) in [5, 5.41) is 2.86. The van der Waals surface area contributed by atoms with Gasteiger partial charge in [-0.3, -0.25) is 0 Å². The summed E-state index contributed by atoms with van der Waals surface area (Å²) < 4.78 is 5.62. The smallest absolute Gasteiger partial charge is 0.119 e. The Kier molecular flexibility index (Phi) is 10.8. The van der Waals surface area contributed by atoms with Crippen LogP contribution >= 0.6 is 0 Å². The monoisotopic (exact) mass is 305 g/mol. The van der Waals surface area contributed by atoms with Gasteiger partial charge in [0, 0.05) is 6.42 Å². The Morgan fingerprint density at radius 3 is 1.91 bits per heavy atom. The summed E-state index contributed by atoms with van der Waals surface area (Å²) in [6.07, 6.45) is 12.6. The molecule has 4 heteroatoms. The highest BCUT2D eigenvalue weighted by atomic mass is 16.5. The van der Waals surface area contributed by atoms with Crippen molar-refractivity contribution in [3.8, 4) is 5.75 Å². The van der Waals surface area contributed by atoms with E-state index in [9.17, 15) is 9.70 Å². The van der Waals surface area contributed by atoms with Crippen molar-refractivity contribution < 1.29 is 9.53 Å². The SMILES string of the molecule is O=CCCCCCCCCCCCOc1ccc(N=O)cc1. The molecule has 0 radical (unpaired) electrons. The predicted octanol–water partition coefficient (Wildman–Crippen LogP) is 5.56. The molecule has 1 aromatic carbocycles. The fraction of sp³-hybridized carbons (Fsp3) is 0.611. The lowest BCUT2D eigenvalue weighted by atomic mass is 10.1. The van der Waals surface area contributed by atoms with Gasteiger partial charge in [-0.15, -0.1) is 4.91 Å². The molecule has 0 fully saturated rings. The molecular formula is C18H27NO3. The van der Waals surface area contributed by atoms with Gasteiger partial charge in [-0.25, -0.2) is 0 Å². The second-order valence-corrected chi connectivity index (χ2v) is 5.57. The van der Waals surface area contributed by atoms with Crippen LogP contribution in [0.1, 0.15) is 64.2 Å². The van der Waals surface area contributed by atoms with Crippen LogP contribution in [0.15, 0.2) is 29.4 Å². The third-order valence-electron chi connectivity index (χ3n) is 3.68. The average Bonchev–Trinajstić information content (AvgIpc) is 2.56. The second kappa shape index (κ2) is 13.0. The van der Waals surface area contributed by atoms with E-state index in [0.717, 1.165) is 31.5 Å². The van der Waals surface area contributed by atoms with Gasteiger partial charge in [0.05, 0.1) is 6.61 Å². The summed E-state index contributed by atoms with van der Waals surface area (Å²) in [6, 6.07) is 6.89. The lowest BCUT2D eigenvalue weighted by molar-refractivity contribution is -0.107. The first-order valence-corrected chi connectivity index (χ1v) is 8.36. The molecule has 1 aromatic rings. The number of nitrogens with zero attached hydrogens (tertiary/aromatic N) is 1. The first kappa shape index (κ1) is 18.3. The van der Waals surface area contributed by atoms with Gasteiger partial charge in [0.2, 0.25) is 0 Å². The number of unbranched alkanes of at least 4 members (excludes halogenated alkanes) is 9. The average molecular weight is 305 g/mol. The van der Waals surface area contributed by atoms with Crippen molar-refractivity contribution in [2.75, 3.05) is 6.61 Å². The Morgan fingerprint density at radius 2 is 1.36 bits per heavy atom. The molecule has 0 saturated carbocycles. The fourth-order valence-corrected chi connectivity index (χ4v) is 2.36. The lowest BCUT2D eigenvalue weighted by Crippen LogP contribution is -1.96. The van der Waals surface area contributed by atoms with Gasteiger partial charge in [0.25, 0.3) is 0 Å². The Bertz CT molecular complexity index is 403. The van der Waals surface area contributed by atoms with Gasteiger partial charge in [0.15, 0.2) is 0 Å². The minimum atomic E-state index is 0.429.